The Morgan fingerprint density at radius 3 is 2.44 bits per heavy atom. The minimum atomic E-state index is -4.70. The maximum Gasteiger partial charge on any atom is 0.394 e. The highest BCUT2D eigenvalue weighted by Gasteiger charge is 2.53. The van der Waals surface area contributed by atoms with Crippen molar-refractivity contribution in [2.24, 2.45) is 11.8 Å². The third-order valence-electron chi connectivity index (χ3n) is 4.59. The van der Waals surface area contributed by atoms with E-state index in [4.69, 9.17) is 9.84 Å². The van der Waals surface area contributed by atoms with Gasteiger partial charge in [-0.05, 0) is 24.3 Å². The highest BCUT2D eigenvalue weighted by molar-refractivity contribution is 6.00. The number of benzene rings is 1. The van der Waals surface area contributed by atoms with Crippen LogP contribution in [0.4, 0.5) is 13.2 Å². The SMILES string of the molecule is COc1ccc(-c2[nH]ncc2C(=O)N2C[C@@H](C(F)(F)F)[C@H](C(=O)O)C2)cc1. The molecule has 144 valence electrons. The van der Waals surface area contributed by atoms with Crippen LogP contribution in [0, 0.1) is 11.8 Å². The number of hydrogen-bond acceptors (Lipinski definition) is 4. The number of carboxylic acid groups (broad SMARTS) is 1. The summed E-state index contributed by atoms with van der Waals surface area (Å²) in [4.78, 5) is 24.9. The number of alkyl halides is 3. The lowest BCUT2D eigenvalue weighted by Gasteiger charge is -2.18. The number of halogens is 3. The summed E-state index contributed by atoms with van der Waals surface area (Å²) >= 11 is 0. The Morgan fingerprint density at radius 2 is 1.93 bits per heavy atom. The van der Waals surface area contributed by atoms with Crippen molar-refractivity contribution in [2.75, 3.05) is 20.2 Å². The number of aromatic amines is 1. The molecule has 10 heteroatoms. The van der Waals surface area contributed by atoms with Gasteiger partial charge in [-0.25, -0.2) is 0 Å². The molecule has 0 bridgehead atoms. The molecule has 1 aromatic heterocycles. The second-order valence-corrected chi connectivity index (χ2v) is 6.19. The van der Waals surface area contributed by atoms with Crippen molar-refractivity contribution in [3.8, 4) is 17.0 Å². The molecule has 7 nitrogen and oxygen atoms in total. The quantitative estimate of drug-likeness (QED) is 0.846. The van der Waals surface area contributed by atoms with Crippen molar-refractivity contribution in [3.63, 3.8) is 0 Å². The second-order valence-electron chi connectivity index (χ2n) is 6.19. The molecule has 0 aliphatic carbocycles. The van der Waals surface area contributed by atoms with Gasteiger partial charge in [0.15, 0.2) is 0 Å². The van der Waals surface area contributed by atoms with Crippen LogP contribution in [-0.4, -0.2) is 58.5 Å². The topological polar surface area (TPSA) is 95.5 Å². The zero-order chi connectivity index (χ0) is 19.8. The van der Waals surface area contributed by atoms with E-state index in [1.165, 1.54) is 13.3 Å². The molecule has 2 N–H and O–H groups in total. The fourth-order valence-electron chi connectivity index (χ4n) is 3.15. The van der Waals surface area contributed by atoms with Crippen LogP contribution < -0.4 is 4.74 Å². The van der Waals surface area contributed by atoms with Gasteiger partial charge >= 0.3 is 12.1 Å². The van der Waals surface area contributed by atoms with Gasteiger partial charge in [-0.1, -0.05) is 0 Å². The number of methoxy groups -OCH3 is 1. The maximum absolute atomic E-state index is 13.1. The highest BCUT2D eigenvalue weighted by Crippen LogP contribution is 2.38. The summed E-state index contributed by atoms with van der Waals surface area (Å²) in [6.45, 7) is -1.21. The molecule has 1 fully saturated rings. The van der Waals surface area contributed by atoms with Gasteiger partial charge < -0.3 is 14.7 Å². The van der Waals surface area contributed by atoms with Gasteiger partial charge in [-0.2, -0.15) is 18.3 Å². The number of likely N-dealkylation sites (tertiary alicyclic amines) is 1. The highest BCUT2D eigenvalue weighted by atomic mass is 19.4. The summed E-state index contributed by atoms with van der Waals surface area (Å²) in [5, 5.41) is 15.6. The molecule has 2 aromatic rings. The largest absolute Gasteiger partial charge is 0.497 e. The number of amides is 1. The molecule has 0 spiro atoms. The Balaban J connectivity index is 1.87. The summed E-state index contributed by atoms with van der Waals surface area (Å²) in [6, 6.07) is 6.68. The van der Waals surface area contributed by atoms with Crippen molar-refractivity contribution in [2.45, 2.75) is 6.18 Å². The lowest BCUT2D eigenvalue weighted by molar-refractivity contribution is -0.187. The summed E-state index contributed by atoms with van der Waals surface area (Å²) in [6.07, 6.45) is -3.48. The Bertz CT molecular complexity index is 848. The molecule has 1 aliphatic heterocycles. The smallest absolute Gasteiger partial charge is 0.394 e. The monoisotopic (exact) mass is 383 g/mol. The second kappa shape index (κ2) is 6.93. The zero-order valence-corrected chi connectivity index (χ0v) is 14.2. The van der Waals surface area contributed by atoms with E-state index < -0.39 is 43.0 Å². The molecule has 2 atom stereocenters. The number of aromatic nitrogens is 2. The maximum atomic E-state index is 13.1. The summed E-state index contributed by atoms with van der Waals surface area (Å²) in [7, 11) is 1.50. The summed E-state index contributed by atoms with van der Waals surface area (Å²) in [5.74, 6) is -5.47. The standard InChI is InChI=1S/C17H16F3N3O4/c1-27-10-4-2-9(3-5-10)14-11(6-21-22-14)15(24)23-7-12(16(25)26)13(8-23)17(18,19)20/h2-6,12-13H,7-8H2,1H3,(H,21,22)(H,25,26)/t12-,13-/m1/s1. The average Bonchev–Trinajstić information content (AvgIpc) is 3.28. The molecule has 0 unspecified atom stereocenters. The fourth-order valence-corrected chi connectivity index (χ4v) is 3.15. The average molecular weight is 383 g/mol. The van der Waals surface area contributed by atoms with Crippen LogP contribution in [0.3, 0.4) is 0 Å². The lowest BCUT2D eigenvalue weighted by Crippen LogP contribution is -2.34. The van der Waals surface area contributed by atoms with Crippen molar-refractivity contribution in [1.29, 1.82) is 0 Å². The number of ether oxygens (including phenoxy) is 1. The number of rotatable bonds is 4. The van der Waals surface area contributed by atoms with E-state index >= 15 is 0 Å². The molecule has 3 rings (SSSR count). The summed E-state index contributed by atoms with van der Waals surface area (Å²) in [5.41, 5.74) is 1.01. The molecule has 1 aliphatic rings. The predicted octanol–water partition coefficient (Wildman–Crippen LogP) is 2.42. The fraction of sp³-hybridized carbons (Fsp3) is 0.353. The van der Waals surface area contributed by atoms with Gasteiger partial charge in [-0.3, -0.25) is 14.7 Å². The molecule has 1 saturated heterocycles. The molecular weight excluding hydrogens is 367 g/mol. The van der Waals surface area contributed by atoms with E-state index in [2.05, 4.69) is 10.2 Å². The minimum Gasteiger partial charge on any atom is -0.497 e. The molecule has 27 heavy (non-hydrogen) atoms. The van der Waals surface area contributed by atoms with Gasteiger partial charge in [0.1, 0.15) is 5.75 Å². The van der Waals surface area contributed by atoms with Crippen LogP contribution in [0.2, 0.25) is 0 Å². The van der Waals surface area contributed by atoms with Crippen molar-refractivity contribution < 1.29 is 32.6 Å². The van der Waals surface area contributed by atoms with Crippen LogP contribution in [-0.2, 0) is 4.79 Å². The number of hydrogen-bond donors (Lipinski definition) is 2. The number of H-pyrrole nitrogens is 1. The summed E-state index contributed by atoms with van der Waals surface area (Å²) < 4.78 is 44.5. The van der Waals surface area contributed by atoms with Gasteiger partial charge in [0.25, 0.3) is 5.91 Å². The first-order chi connectivity index (χ1) is 12.7. The van der Waals surface area contributed by atoms with Crippen LogP contribution in [0.15, 0.2) is 30.5 Å². The Hall–Kier alpha value is -3.04. The van der Waals surface area contributed by atoms with E-state index in [1.807, 2.05) is 0 Å². The third-order valence-corrected chi connectivity index (χ3v) is 4.59. The number of nitrogens with one attached hydrogen (secondary N) is 1. The van der Waals surface area contributed by atoms with E-state index in [-0.39, 0.29) is 5.56 Å². The molecular formula is C17H16F3N3O4. The van der Waals surface area contributed by atoms with Crippen LogP contribution in [0.1, 0.15) is 10.4 Å². The Morgan fingerprint density at radius 1 is 1.26 bits per heavy atom. The van der Waals surface area contributed by atoms with Crippen molar-refractivity contribution in [3.05, 3.63) is 36.0 Å². The minimum absolute atomic E-state index is 0.0760. The number of carbonyl (C=O) groups excluding carboxylic acids is 1. The van der Waals surface area contributed by atoms with Gasteiger partial charge in [0, 0.05) is 18.7 Å². The van der Waals surface area contributed by atoms with Crippen LogP contribution in [0.5, 0.6) is 5.75 Å². The molecule has 1 amide bonds. The molecule has 2 heterocycles. The van der Waals surface area contributed by atoms with E-state index in [9.17, 15) is 22.8 Å². The first kappa shape index (κ1) is 18.7. The van der Waals surface area contributed by atoms with E-state index in [1.54, 1.807) is 24.3 Å². The molecule has 0 radical (unpaired) electrons. The van der Waals surface area contributed by atoms with Crippen LogP contribution in [0.25, 0.3) is 11.3 Å². The van der Waals surface area contributed by atoms with Crippen molar-refractivity contribution >= 4 is 11.9 Å². The molecule has 1 aromatic carbocycles. The number of aliphatic carboxylic acids is 1. The zero-order valence-electron chi connectivity index (χ0n) is 14.2. The Labute approximate surface area is 151 Å². The van der Waals surface area contributed by atoms with E-state index in [0.29, 0.717) is 17.0 Å². The predicted molar refractivity (Wildman–Crippen MR) is 87.2 cm³/mol. The number of carbonyl (C=O) groups is 2. The van der Waals surface area contributed by atoms with Gasteiger partial charge in [0.05, 0.1) is 36.4 Å². The van der Waals surface area contributed by atoms with Crippen LogP contribution >= 0.6 is 0 Å². The first-order valence-electron chi connectivity index (χ1n) is 7.99. The van der Waals surface area contributed by atoms with Crippen molar-refractivity contribution in [1.82, 2.24) is 15.1 Å². The number of carboxylic acids is 1. The van der Waals surface area contributed by atoms with E-state index in [0.717, 1.165) is 4.90 Å². The lowest BCUT2D eigenvalue weighted by atomic mass is 9.96. The van der Waals surface area contributed by atoms with Gasteiger partial charge in [-0.15, -0.1) is 0 Å². The third kappa shape index (κ3) is 3.60. The Kier molecular flexibility index (Phi) is 4.81. The van der Waals surface area contributed by atoms with Gasteiger partial charge in [0.2, 0.25) is 0 Å². The number of nitrogens with zero attached hydrogens (tertiary/aromatic N) is 2. The normalized spacial score (nSPS) is 19.9. The molecule has 0 saturated carbocycles. The first-order valence-corrected chi connectivity index (χ1v) is 7.99.